The molecule has 0 bridgehead atoms. The van der Waals surface area contributed by atoms with E-state index in [0.717, 1.165) is 31.7 Å². The molecule has 106 valence electrons. The number of rotatable bonds is 6. The maximum Gasteiger partial charge on any atom is 0.138 e. The van der Waals surface area contributed by atoms with Crippen LogP contribution >= 0.6 is 11.6 Å². The Morgan fingerprint density at radius 2 is 2.26 bits per heavy atom. The molecule has 1 aliphatic rings. The van der Waals surface area contributed by atoms with Gasteiger partial charge in [-0.3, -0.25) is 0 Å². The lowest BCUT2D eigenvalue weighted by atomic mass is 10.2. The van der Waals surface area contributed by atoms with Gasteiger partial charge in [-0.25, -0.2) is 0 Å². The van der Waals surface area contributed by atoms with Crippen LogP contribution in [0.1, 0.15) is 32.3 Å². The van der Waals surface area contributed by atoms with Crippen LogP contribution in [0.4, 0.5) is 0 Å². The zero-order valence-electron chi connectivity index (χ0n) is 11.6. The molecule has 0 saturated carbocycles. The molecule has 0 amide bonds. The van der Waals surface area contributed by atoms with Crippen LogP contribution in [0.3, 0.4) is 0 Å². The Morgan fingerprint density at radius 3 is 2.89 bits per heavy atom. The highest BCUT2D eigenvalue weighted by molar-refractivity contribution is 6.32. The minimum atomic E-state index is 0.201. The predicted molar refractivity (Wildman–Crippen MR) is 77.9 cm³/mol. The number of nitrogens with one attached hydrogen (secondary N) is 1. The van der Waals surface area contributed by atoms with Crippen molar-refractivity contribution in [3.63, 3.8) is 0 Å². The van der Waals surface area contributed by atoms with Gasteiger partial charge in [0.1, 0.15) is 12.4 Å². The Hall–Kier alpha value is -0.770. The maximum atomic E-state index is 6.23. The smallest absolute Gasteiger partial charge is 0.138 e. The van der Waals surface area contributed by atoms with Crippen LogP contribution in [-0.4, -0.2) is 25.4 Å². The summed E-state index contributed by atoms with van der Waals surface area (Å²) in [4.78, 5) is 0. The highest BCUT2D eigenvalue weighted by Crippen LogP contribution is 2.27. The van der Waals surface area contributed by atoms with Crippen molar-refractivity contribution in [1.82, 2.24) is 5.32 Å². The summed E-state index contributed by atoms with van der Waals surface area (Å²) in [5.41, 5.74) is 1.17. The third kappa shape index (κ3) is 4.37. The Bertz CT molecular complexity index is 411. The van der Waals surface area contributed by atoms with Gasteiger partial charge < -0.3 is 14.8 Å². The van der Waals surface area contributed by atoms with E-state index >= 15 is 0 Å². The Balaban J connectivity index is 1.86. The molecule has 0 spiro atoms. The summed E-state index contributed by atoms with van der Waals surface area (Å²) in [6, 6.07) is 5.94. The lowest BCUT2D eigenvalue weighted by Gasteiger charge is -2.14. The molecule has 1 N–H and O–H groups in total. The van der Waals surface area contributed by atoms with E-state index < -0.39 is 0 Å². The Kier molecular flexibility index (Phi) is 5.49. The van der Waals surface area contributed by atoms with Gasteiger partial charge in [0.2, 0.25) is 0 Å². The van der Waals surface area contributed by atoms with Crippen molar-refractivity contribution < 1.29 is 9.47 Å². The second kappa shape index (κ2) is 7.13. The van der Waals surface area contributed by atoms with Crippen molar-refractivity contribution in [2.75, 3.05) is 13.2 Å². The third-order valence-corrected chi connectivity index (χ3v) is 3.62. The second-order valence-electron chi connectivity index (χ2n) is 5.00. The zero-order valence-corrected chi connectivity index (χ0v) is 12.4. The number of benzene rings is 1. The van der Waals surface area contributed by atoms with Gasteiger partial charge in [0.25, 0.3) is 0 Å². The average Bonchev–Trinajstić information content (AvgIpc) is 2.81. The molecule has 0 radical (unpaired) electrons. The largest absolute Gasteiger partial charge is 0.489 e. The first-order chi connectivity index (χ1) is 9.19. The van der Waals surface area contributed by atoms with E-state index in [2.05, 4.69) is 19.2 Å². The van der Waals surface area contributed by atoms with Crippen molar-refractivity contribution >= 4 is 11.6 Å². The number of halogens is 1. The molecule has 1 aromatic carbocycles. The minimum absolute atomic E-state index is 0.201. The fraction of sp³-hybridized carbons (Fsp3) is 0.600. The molecule has 1 fully saturated rings. The summed E-state index contributed by atoms with van der Waals surface area (Å²) < 4.78 is 11.5. The molecule has 2 atom stereocenters. The standard InChI is InChI=1S/C15H22ClNO2/c1-3-17-9-12-5-7-15(14(16)8-12)18-10-13-6-4-11(2)19-13/h5,7-8,11,13,17H,3-4,6,9-10H2,1-2H3. The lowest BCUT2D eigenvalue weighted by molar-refractivity contribution is 0.0265. The molecule has 2 rings (SSSR count). The number of ether oxygens (including phenoxy) is 2. The van der Waals surface area contributed by atoms with Crippen LogP contribution in [-0.2, 0) is 11.3 Å². The van der Waals surface area contributed by atoms with E-state index in [-0.39, 0.29) is 6.10 Å². The van der Waals surface area contributed by atoms with Crippen LogP contribution in [0, 0.1) is 0 Å². The maximum absolute atomic E-state index is 6.23. The van der Waals surface area contributed by atoms with E-state index in [0.29, 0.717) is 17.7 Å². The Morgan fingerprint density at radius 1 is 1.42 bits per heavy atom. The molecule has 1 saturated heterocycles. The molecule has 1 aromatic rings. The lowest BCUT2D eigenvalue weighted by Crippen LogP contribution is -2.18. The molecule has 1 heterocycles. The van der Waals surface area contributed by atoms with E-state index in [1.807, 2.05) is 18.2 Å². The average molecular weight is 284 g/mol. The molecule has 4 heteroatoms. The van der Waals surface area contributed by atoms with E-state index in [9.17, 15) is 0 Å². The molecule has 19 heavy (non-hydrogen) atoms. The van der Waals surface area contributed by atoms with Crippen LogP contribution < -0.4 is 10.1 Å². The SMILES string of the molecule is CCNCc1ccc(OCC2CCC(C)O2)c(Cl)c1. The van der Waals surface area contributed by atoms with Crippen molar-refractivity contribution in [3.05, 3.63) is 28.8 Å². The first-order valence-corrected chi connectivity index (χ1v) is 7.34. The molecule has 1 aliphatic heterocycles. The van der Waals surface area contributed by atoms with Crippen molar-refractivity contribution in [3.8, 4) is 5.75 Å². The van der Waals surface area contributed by atoms with E-state index in [4.69, 9.17) is 21.1 Å². The second-order valence-corrected chi connectivity index (χ2v) is 5.41. The summed E-state index contributed by atoms with van der Waals surface area (Å²) in [5.74, 6) is 0.741. The zero-order chi connectivity index (χ0) is 13.7. The summed E-state index contributed by atoms with van der Waals surface area (Å²) in [6.07, 6.45) is 2.74. The van der Waals surface area contributed by atoms with Gasteiger partial charge in [-0.05, 0) is 44.0 Å². The van der Waals surface area contributed by atoms with Crippen LogP contribution in [0.2, 0.25) is 5.02 Å². The van der Waals surface area contributed by atoms with Crippen molar-refractivity contribution in [2.24, 2.45) is 0 Å². The van der Waals surface area contributed by atoms with Gasteiger partial charge in [0.05, 0.1) is 17.2 Å². The van der Waals surface area contributed by atoms with Gasteiger partial charge in [-0.2, -0.15) is 0 Å². The first-order valence-electron chi connectivity index (χ1n) is 6.96. The summed E-state index contributed by atoms with van der Waals surface area (Å²) >= 11 is 6.23. The Labute approximate surface area is 120 Å². The fourth-order valence-corrected chi connectivity index (χ4v) is 2.49. The summed E-state index contributed by atoms with van der Waals surface area (Å²) in [7, 11) is 0. The van der Waals surface area contributed by atoms with Gasteiger partial charge in [0.15, 0.2) is 0 Å². The van der Waals surface area contributed by atoms with Crippen LogP contribution in [0.15, 0.2) is 18.2 Å². The van der Waals surface area contributed by atoms with E-state index in [1.54, 1.807) is 0 Å². The van der Waals surface area contributed by atoms with E-state index in [1.165, 1.54) is 5.56 Å². The fourth-order valence-electron chi connectivity index (χ4n) is 2.23. The monoisotopic (exact) mass is 283 g/mol. The number of hydrogen-bond donors (Lipinski definition) is 1. The van der Waals surface area contributed by atoms with Crippen LogP contribution in [0.5, 0.6) is 5.75 Å². The molecule has 0 aromatic heterocycles. The van der Waals surface area contributed by atoms with Crippen LogP contribution in [0.25, 0.3) is 0 Å². The summed E-state index contributed by atoms with van der Waals surface area (Å²) in [5, 5.41) is 3.94. The normalized spacial score (nSPS) is 22.7. The predicted octanol–water partition coefficient (Wildman–Crippen LogP) is 3.40. The highest BCUT2D eigenvalue weighted by atomic mass is 35.5. The van der Waals surface area contributed by atoms with Crippen molar-refractivity contribution in [1.29, 1.82) is 0 Å². The van der Waals surface area contributed by atoms with Gasteiger partial charge in [0, 0.05) is 6.54 Å². The topological polar surface area (TPSA) is 30.5 Å². The summed E-state index contributed by atoms with van der Waals surface area (Å²) in [6.45, 7) is 6.55. The third-order valence-electron chi connectivity index (χ3n) is 3.32. The molecule has 3 nitrogen and oxygen atoms in total. The minimum Gasteiger partial charge on any atom is -0.489 e. The molecule has 2 unspecified atom stereocenters. The van der Waals surface area contributed by atoms with Gasteiger partial charge >= 0.3 is 0 Å². The first kappa shape index (κ1) is 14.6. The van der Waals surface area contributed by atoms with Gasteiger partial charge in [-0.1, -0.05) is 24.6 Å². The van der Waals surface area contributed by atoms with Crippen molar-refractivity contribution in [2.45, 2.75) is 45.4 Å². The highest BCUT2D eigenvalue weighted by Gasteiger charge is 2.22. The quantitative estimate of drug-likeness (QED) is 0.868. The molecular formula is C15H22ClNO2. The number of hydrogen-bond acceptors (Lipinski definition) is 3. The molecule has 0 aliphatic carbocycles. The van der Waals surface area contributed by atoms with Gasteiger partial charge in [-0.15, -0.1) is 0 Å². The molecular weight excluding hydrogens is 262 g/mol.